The number of urea groups is 1. The molecule has 0 unspecified atom stereocenters. The summed E-state index contributed by atoms with van der Waals surface area (Å²) >= 11 is 0. The minimum absolute atomic E-state index is 0.0751. The van der Waals surface area contributed by atoms with Crippen molar-refractivity contribution in [3.63, 3.8) is 0 Å². The van der Waals surface area contributed by atoms with Crippen molar-refractivity contribution in [2.45, 2.75) is 72.9 Å². The predicted molar refractivity (Wildman–Crippen MR) is 69.6 cm³/mol. The molecule has 0 aromatic carbocycles. The van der Waals surface area contributed by atoms with Crippen molar-refractivity contribution in [2.24, 2.45) is 5.41 Å². The third-order valence-corrected chi connectivity index (χ3v) is 2.37. The first-order valence-electron chi connectivity index (χ1n) is 6.10. The van der Waals surface area contributed by atoms with Crippen LogP contribution in [0.15, 0.2) is 0 Å². The molecule has 0 aromatic rings. The Labute approximate surface area is 100 Å². The highest BCUT2D eigenvalue weighted by molar-refractivity contribution is 5.74. The van der Waals surface area contributed by atoms with Gasteiger partial charge in [0.1, 0.15) is 0 Å². The lowest BCUT2D eigenvalue weighted by Crippen LogP contribution is -2.50. The molecule has 3 nitrogen and oxygen atoms in total. The first-order chi connectivity index (χ1) is 7.02. The fourth-order valence-corrected chi connectivity index (χ4v) is 1.36. The lowest BCUT2D eigenvalue weighted by atomic mass is 9.85. The Morgan fingerprint density at radius 3 is 1.94 bits per heavy atom. The second kappa shape index (κ2) is 5.55. The van der Waals surface area contributed by atoms with Crippen LogP contribution in [0.3, 0.4) is 0 Å². The number of carbonyl (C=O) groups is 1. The van der Waals surface area contributed by atoms with E-state index in [1.807, 2.05) is 13.8 Å². The molecular weight excluding hydrogens is 200 g/mol. The number of amides is 2. The smallest absolute Gasteiger partial charge is 0.315 e. The number of hydrogen-bond acceptors (Lipinski definition) is 1. The van der Waals surface area contributed by atoms with Gasteiger partial charge in [0.25, 0.3) is 0 Å². The van der Waals surface area contributed by atoms with Crippen LogP contribution in [0.2, 0.25) is 0 Å². The van der Waals surface area contributed by atoms with Gasteiger partial charge in [-0.1, -0.05) is 20.8 Å². The topological polar surface area (TPSA) is 41.1 Å². The van der Waals surface area contributed by atoms with Crippen LogP contribution >= 0.6 is 0 Å². The standard InChI is InChI=1S/C13H28N2O/c1-10(2)14-11(16)15-13(6,7)9-8-12(3,4)5/h10H,8-9H2,1-7H3,(H2,14,15,16). The van der Waals surface area contributed by atoms with E-state index in [0.717, 1.165) is 12.8 Å². The molecule has 0 saturated heterocycles. The summed E-state index contributed by atoms with van der Waals surface area (Å²) < 4.78 is 0. The summed E-state index contributed by atoms with van der Waals surface area (Å²) in [6, 6.07) is 0.104. The summed E-state index contributed by atoms with van der Waals surface area (Å²) in [7, 11) is 0. The Kier molecular flexibility index (Phi) is 5.30. The van der Waals surface area contributed by atoms with Gasteiger partial charge in [-0.05, 0) is 46.0 Å². The molecule has 0 spiro atoms. The van der Waals surface area contributed by atoms with Crippen LogP contribution in [-0.4, -0.2) is 17.6 Å². The summed E-state index contributed by atoms with van der Waals surface area (Å²) in [5, 5.41) is 5.86. The van der Waals surface area contributed by atoms with E-state index in [0.29, 0.717) is 5.41 Å². The highest BCUT2D eigenvalue weighted by Crippen LogP contribution is 2.25. The zero-order chi connectivity index (χ0) is 13.0. The first kappa shape index (κ1) is 15.3. The average molecular weight is 228 g/mol. The van der Waals surface area contributed by atoms with Crippen LogP contribution in [0.4, 0.5) is 4.79 Å². The van der Waals surface area contributed by atoms with Gasteiger partial charge in [0, 0.05) is 11.6 Å². The van der Waals surface area contributed by atoms with Gasteiger partial charge in [-0.3, -0.25) is 0 Å². The highest BCUT2D eigenvalue weighted by atomic mass is 16.2. The van der Waals surface area contributed by atoms with E-state index in [1.54, 1.807) is 0 Å². The first-order valence-corrected chi connectivity index (χ1v) is 6.10. The molecule has 0 rings (SSSR count). The highest BCUT2D eigenvalue weighted by Gasteiger charge is 2.23. The molecule has 0 aliphatic carbocycles. The third kappa shape index (κ3) is 8.57. The molecule has 0 heterocycles. The van der Waals surface area contributed by atoms with Crippen LogP contribution in [-0.2, 0) is 0 Å². The molecule has 3 heteroatoms. The molecule has 0 saturated carbocycles. The van der Waals surface area contributed by atoms with Gasteiger partial charge in [0.05, 0.1) is 0 Å². The van der Waals surface area contributed by atoms with Gasteiger partial charge in [0.15, 0.2) is 0 Å². The van der Waals surface area contributed by atoms with Crippen LogP contribution in [0.5, 0.6) is 0 Å². The molecule has 16 heavy (non-hydrogen) atoms. The summed E-state index contributed by atoms with van der Waals surface area (Å²) in [6.07, 6.45) is 2.09. The Morgan fingerprint density at radius 2 is 1.56 bits per heavy atom. The number of rotatable bonds is 4. The third-order valence-electron chi connectivity index (χ3n) is 2.37. The molecule has 2 N–H and O–H groups in total. The molecule has 0 aromatic heterocycles. The number of nitrogens with one attached hydrogen (secondary N) is 2. The van der Waals surface area contributed by atoms with Crippen molar-refractivity contribution in [3.05, 3.63) is 0 Å². The molecule has 96 valence electrons. The fraction of sp³-hybridized carbons (Fsp3) is 0.923. The van der Waals surface area contributed by atoms with Crippen LogP contribution < -0.4 is 10.6 Å². The maximum absolute atomic E-state index is 11.6. The summed E-state index contributed by atoms with van der Waals surface area (Å²) in [5.41, 5.74) is 0.166. The van der Waals surface area contributed by atoms with E-state index in [1.165, 1.54) is 0 Å². The van der Waals surface area contributed by atoms with Crippen molar-refractivity contribution in [3.8, 4) is 0 Å². The van der Waals surface area contributed by atoms with E-state index in [4.69, 9.17) is 0 Å². The fourth-order valence-electron chi connectivity index (χ4n) is 1.36. The quantitative estimate of drug-likeness (QED) is 0.761. The van der Waals surface area contributed by atoms with Gasteiger partial charge in [-0.15, -0.1) is 0 Å². The lowest BCUT2D eigenvalue weighted by Gasteiger charge is -2.30. The molecule has 0 aliphatic heterocycles. The molecule has 0 bridgehead atoms. The van der Waals surface area contributed by atoms with Crippen LogP contribution in [0, 0.1) is 5.41 Å². The van der Waals surface area contributed by atoms with Gasteiger partial charge in [-0.25, -0.2) is 4.79 Å². The summed E-state index contributed by atoms with van der Waals surface area (Å²) in [6.45, 7) is 14.7. The second-order valence-electron chi connectivity index (χ2n) is 6.70. The second-order valence-corrected chi connectivity index (χ2v) is 6.70. The van der Waals surface area contributed by atoms with Gasteiger partial charge >= 0.3 is 6.03 Å². The minimum Gasteiger partial charge on any atom is -0.336 e. The van der Waals surface area contributed by atoms with Crippen molar-refractivity contribution in [1.29, 1.82) is 0 Å². The van der Waals surface area contributed by atoms with Gasteiger partial charge in [-0.2, -0.15) is 0 Å². The maximum atomic E-state index is 11.6. The molecule has 0 atom stereocenters. The molecular formula is C13H28N2O. The SMILES string of the molecule is CC(C)NC(=O)NC(C)(C)CCC(C)(C)C. The Morgan fingerprint density at radius 1 is 1.06 bits per heavy atom. The number of hydrogen-bond donors (Lipinski definition) is 2. The van der Waals surface area contributed by atoms with Crippen LogP contribution in [0.25, 0.3) is 0 Å². The lowest BCUT2D eigenvalue weighted by molar-refractivity contribution is 0.219. The van der Waals surface area contributed by atoms with E-state index in [-0.39, 0.29) is 17.6 Å². The molecule has 0 aliphatic rings. The Hall–Kier alpha value is -0.730. The maximum Gasteiger partial charge on any atom is 0.315 e. The average Bonchev–Trinajstić information content (AvgIpc) is 1.96. The minimum atomic E-state index is -0.147. The van der Waals surface area contributed by atoms with E-state index in [9.17, 15) is 4.79 Å². The Bertz CT molecular complexity index is 227. The molecule has 0 radical (unpaired) electrons. The van der Waals surface area contributed by atoms with Crippen LogP contribution in [0.1, 0.15) is 61.3 Å². The predicted octanol–water partition coefficient (Wildman–Crippen LogP) is 3.30. The number of carbonyl (C=O) groups excluding carboxylic acids is 1. The largest absolute Gasteiger partial charge is 0.336 e. The van der Waals surface area contributed by atoms with Crippen molar-refractivity contribution in [2.75, 3.05) is 0 Å². The van der Waals surface area contributed by atoms with E-state index >= 15 is 0 Å². The summed E-state index contributed by atoms with van der Waals surface area (Å²) in [4.78, 5) is 11.6. The van der Waals surface area contributed by atoms with E-state index < -0.39 is 0 Å². The van der Waals surface area contributed by atoms with Crippen molar-refractivity contribution < 1.29 is 4.79 Å². The van der Waals surface area contributed by atoms with Crippen molar-refractivity contribution >= 4 is 6.03 Å². The molecule has 2 amide bonds. The monoisotopic (exact) mass is 228 g/mol. The van der Waals surface area contributed by atoms with Gasteiger partial charge in [0.2, 0.25) is 0 Å². The zero-order valence-electron chi connectivity index (χ0n) is 11.9. The normalized spacial score (nSPS) is 12.8. The van der Waals surface area contributed by atoms with E-state index in [2.05, 4.69) is 45.3 Å². The van der Waals surface area contributed by atoms with Gasteiger partial charge < -0.3 is 10.6 Å². The van der Waals surface area contributed by atoms with Crippen molar-refractivity contribution in [1.82, 2.24) is 10.6 Å². The zero-order valence-corrected chi connectivity index (χ0v) is 11.9. The molecule has 0 fully saturated rings. The Balaban J connectivity index is 4.09. The summed E-state index contributed by atoms with van der Waals surface area (Å²) in [5.74, 6) is 0.